The molecule has 9 heteroatoms. The molecule has 1 heterocycles. The van der Waals surface area contributed by atoms with Gasteiger partial charge in [-0.1, -0.05) is 19.1 Å². The first kappa shape index (κ1) is 27.7. The van der Waals surface area contributed by atoms with E-state index in [0.29, 0.717) is 31.6 Å². The van der Waals surface area contributed by atoms with Crippen molar-refractivity contribution in [1.82, 2.24) is 4.90 Å². The number of unbranched alkanes of at least 4 members (excludes halogenated alkanes) is 1. The molecule has 1 aromatic carbocycles. The van der Waals surface area contributed by atoms with Crippen LogP contribution in [0.15, 0.2) is 47.6 Å². The lowest BCUT2D eigenvalue weighted by atomic mass is 9.85. The second-order valence-corrected chi connectivity index (χ2v) is 9.25. The molecular formula is C28H36N6O3. The van der Waals surface area contributed by atoms with Crippen molar-refractivity contribution in [2.24, 2.45) is 16.8 Å². The maximum Gasteiger partial charge on any atom is 0.307 e. The number of carbonyl (C=O) groups is 2. The highest BCUT2D eigenvalue weighted by Crippen LogP contribution is 2.34. The number of likely N-dealkylation sites (N-methyl/N-ethyl adjacent to an activating group) is 1. The summed E-state index contributed by atoms with van der Waals surface area (Å²) in [6.45, 7) is 4.87. The van der Waals surface area contributed by atoms with Gasteiger partial charge in [0.15, 0.2) is 0 Å². The zero-order valence-electron chi connectivity index (χ0n) is 21.8. The molecule has 0 saturated heterocycles. The van der Waals surface area contributed by atoms with Crippen LogP contribution in [0.25, 0.3) is 0 Å². The zero-order chi connectivity index (χ0) is 26.8. The molecule has 3 atom stereocenters. The van der Waals surface area contributed by atoms with Crippen molar-refractivity contribution < 1.29 is 14.3 Å². The van der Waals surface area contributed by atoms with Gasteiger partial charge in [0.2, 0.25) is 0 Å². The largest absolute Gasteiger partial charge is 0.466 e. The summed E-state index contributed by atoms with van der Waals surface area (Å²) in [6, 6.07) is 7.87. The number of hydrogen-bond donors (Lipinski definition) is 2. The molecule has 1 aliphatic carbocycles. The average Bonchev–Trinajstić information content (AvgIpc) is 3.21. The first-order chi connectivity index (χ1) is 17.9. The van der Waals surface area contributed by atoms with Crippen LogP contribution < -0.4 is 10.2 Å². The zero-order valence-corrected chi connectivity index (χ0v) is 21.8. The van der Waals surface area contributed by atoms with E-state index in [0.717, 1.165) is 23.5 Å². The van der Waals surface area contributed by atoms with E-state index in [1.54, 1.807) is 19.2 Å². The first-order valence-electron chi connectivity index (χ1n) is 12.7. The Hall–Kier alpha value is -3.93. The van der Waals surface area contributed by atoms with E-state index in [-0.39, 0.29) is 42.8 Å². The molecule has 1 aliphatic heterocycles. The number of carbonyl (C=O) groups excluding carboxylic acids is 2. The number of aliphatic imine (C=N–C) groups is 1. The highest BCUT2D eigenvalue weighted by atomic mass is 16.5. The quantitative estimate of drug-likeness (QED) is 0.262. The number of benzene rings is 1. The lowest BCUT2D eigenvalue weighted by molar-refractivity contribution is -0.143. The molecule has 0 bridgehead atoms. The highest BCUT2D eigenvalue weighted by molar-refractivity contribution is 5.98. The van der Waals surface area contributed by atoms with Crippen molar-refractivity contribution in [3.63, 3.8) is 0 Å². The third-order valence-corrected chi connectivity index (χ3v) is 6.56. The molecule has 1 aromatic rings. The Bertz CT molecular complexity index is 1120. The molecule has 3 unspecified atom stereocenters. The summed E-state index contributed by atoms with van der Waals surface area (Å²) in [4.78, 5) is 33.6. The number of allylic oxidation sites excluding steroid dienone is 3. The number of fused-ring (bicyclic) bond motifs is 1. The van der Waals surface area contributed by atoms with E-state index in [1.807, 2.05) is 37.4 Å². The van der Waals surface area contributed by atoms with Crippen molar-refractivity contribution in [3.05, 3.63) is 48.2 Å². The molecule has 2 N–H and O–H groups in total. The van der Waals surface area contributed by atoms with Crippen molar-refractivity contribution in [2.45, 2.75) is 45.7 Å². The summed E-state index contributed by atoms with van der Waals surface area (Å²) < 4.78 is 5.01. The Morgan fingerprint density at radius 2 is 2.19 bits per heavy atom. The summed E-state index contributed by atoms with van der Waals surface area (Å²) in [5.74, 6) is -0.367. The van der Waals surface area contributed by atoms with Gasteiger partial charge in [0.25, 0.3) is 5.91 Å². The van der Waals surface area contributed by atoms with Gasteiger partial charge in [-0.2, -0.15) is 5.26 Å². The number of anilines is 2. The Kier molecular flexibility index (Phi) is 10.0. The number of nitrogens with zero attached hydrogens (tertiary/aromatic N) is 4. The van der Waals surface area contributed by atoms with Gasteiger partial charge in [-0.05, 0) is 62.6 Å². The van der Waals surface area contributed by atoms with Crippen molar-refractivity contribution in [1.29, 1.82) is 10.7 Å². The maximum absolute atomic E-state index is 13.3. The standard InChI is InChI=1S/C28H36N6O3/c1-4-37-27(35)12-15-34(14-7-5-6-13-29)28(36)21-9-11-25-24(17-21)32-26(33(25)3)19-31-23-10-8-22(18-30)20(2)16-23/h7-11,13-14,17,20,22,26,29,32H,4-6,12,15-16,19H2,1-3H3. The van der Waals surface area contributed by atoms with Crippen LogP contribution in [0, 0.1) is 28.6 Å². The fourth-order valence-corrected chi connectivity index (χ4v) is 4.36. The second kappa shape index (κ2) is 13.4. The Morgan fingerprint density at radius 1 is 1.38 bits per heavy atom. The molecule has 0 spiro atoms. The van der Waals surface area contributed by atoms with E-state index in [4.69, 9.17) is 15.1 Å². The van der Waals surface area contributed by atoms with Crippen LogP contribution >= 0.6 is 0 Å². The van der Waals surface area contributed by atoms with Gasteiger partial charge in [0.1, 0.15) is 6.17 Å². The minimum Gasteiger partial charge on any atom is -0.466 e. The predicted octanol–water partition coefficient (Wildman–Crippen LogP) is 4.39. The van der Waals surface area contributed by atoms with E-state index < -0.39 is 0 Å². The first-order valence-corrected chi connectivity index (χ1v) is 12.7. The van der Waals surface area contributed by atoms with Gasteiger partial charge < -0.3 is 25.3 Å². The lowest BCUT2D eigenvalue weighted by Gasteiger charge is -2.22. The van der Waals surface area contributed by atoms with E-state index in [9.17, 15) is 14.9 Å². The molecule has 1 amide bonds. The third-order valence-electron chi connectivity index (χ3n) is 6.56. The molecule has 0 saturated carbocycles. The smallest absolute Gasteiger partial charge is 0.307 e. The van der Waals surface area contributed by atoms with Crippen molar-refractivity contribution >= 4 is 35.2 Å². The molecule has 2 aliphatic rings. The minimum absolute atomic E-state index is 0.0498. The lowest BCUT2D eigenvalue weighted by Crippen LogP contribution is -2.35. The number of amides is 1. The topological polar surface area (TPSA) is 122 Å². The Labute approximate surface area is 219 Å². The van der Waals surface area contributed by atoms with Crippen LogP contribution in [0.5, 0.6) is 0 Å². The van der Waals surface area contributed by atoms with Gasteiger partial charge in [-0.3, -0.25) is 14.6 Å². The molecule has 0 aromatic heterocycles. The van der Waals surface area contributed by atoms with E-state index in [2.05, 4.69) is 23.2 Å². The van der Waals surface area contributed by atoms with Crippen molar-refractivity contribution in [3.8, 4) is 6.07 Å². The molecule has 3 rings (SSSR count). The van der Waals surface area contributed by atoms with Gasteiger partial charge in [-0.15, -0.1) is 0 Å². The fourth-order valence-electron chi connectivity index (χ4n) is 4.36. The number of rotatable bonds is 11. The average molecular weight is 505 g/mol. The molecule has 196 valence electrons. The highest BCUT2D eigenvalue weighted by Gasteiger charge is 2.28. The fraction of sp³-hybridized carbons (Fsp3) is 0.464. The van der Waals surface area contributed by atoms with Gasteiger partial charge >= 0.3 is 5.97 Å². The van der Waals surface area contributed by atoms with Gasteiger partial charge in [0, 0.05) is 31.1 Å². The minimum atomic E-state index is -0.347. The summed E-state index contributed by atoms with van der Waals surface area (Å²) in [7, 11) is 1.99. The molecule has 9 nitrogen and oxygen atoms in total. The molecule has 37 heavy (non-hydrogen) atoms. The van der Waals surface area contributed by atoms with Crippen molar-refractivity contribution in [2.75, 3.05) is 37.0 Å². The van der Waals surface area contributed by atoms with Crippen LogP contribution in [0.2, 0.25) is 0 Å². The van der Waals surface area contributed by atoms with Crippen LogP contribution in [0.4, 0.5) is 11.4 Å². The number of nitrogens with one attached hydrogen (secondary N) is 2. The normalized spacial score (nSPS) is 21.4. The molecule has 0 radical (unpaired) electrons. The van der Waals surface area contributed by atoms with E-state index >= 15 is 0 Å². The predicted molar refractivity (Wildman–Crippen MR) is 146 cm³/mol. The van der Waals surface area contributed by atoms with Crippen LogP contribution in [0.1, 0.15) is 49.9 Å². The van der Waals surface area contributed by atoms with Gasteiger partial charge in [-0.25, -0.2) is 0 Å². The maximum atomic E-state index is 13.3. The Morgan fingerprint density at radius 3 is 2.89 bits per heavy atom. The monoisotopic (exact) mass is 504 g/mol. The SMILES string of the molecule is CCOC(=O)CCN(C=CCCC=N)C(=O)c1ccc2c(c1)NC(CN=C1C=CC(C#N)C(C)C1)N2C. The van der Waals surface area contributed by atoms with E-state index in [1.165, 1.54) is 11.1 Å². The molecular weight excluding hydrogens is 468 g/mol. The Balaban J connectivity index is 1.70. The number of esters is 1. The molecule has 0 fully saturated rings. The van der Waals surface area contributed by atoms with Crippen LogP contribution in [0.3, 0.4) is 0 Å². The summed E-state index contributed by atoms with van der Waals surface area (Å²) in [5.41, 5.74) is 3.35. The second-order valence-electron chi connectivity index (χ2n) is 9.25. The van der Waals surface area contributed by atoms with Gasteiger partial charge in [0.05, 0.1) is 42.9 Å². The van der Waals surface area contributed by atoms with Crippen LogP contribution in [-0.4, -0.2) is 61.6 Å². The summed E-state index contributed by atoms with van der Waals surface area (Å²) >= 11 is 0. The third kappa shape index (κ3) is 7.29. The summed E-state index contributed by atoms with van der Waals surface area (Å²) in [6.07, 6.45) is 10.8. The van der Waals surface area contributed by atoms with Crippen LogP contribution in [-0.2, 0) is 9.53 Å². The number of nitriles is 1. The number of hydrogen-bond acceptors (Lipinski definition) is 8. The number of ether oxygens (including phenoxy) is 1. The summed E-state index contributed by atoms with van der Waals surface area (Å²) in [5, 5.41) is 19.8.